The number of benzene rings is 1. The van der Waals surface area contributed by atoms with Crippen molar-refractivity contribution in [2.24, 2.45) is 5.41 Å². The first-order valence-corrected chi connectivity index (χ1v) is 7.13. The average molecular weight is 288 g/mol. The van der Waals surface area contributed by atoms with Crippen molar-refractivity contribution in [2.45, 2.75) is 26.2 Å². The second-order valence-corrected chi connectivity index (χ2v) is 5.50. The fourth-order valence-electron chi connectivity index (χ4n) is 3.04. The first-order valence-electron chi connectivity index (χ1n) is 7.13. The van der Waals surface area contributed by atoms with Gasteiger partial charge in [0.1, 0.15) is 11.8 Å². The van der Waals surface area contributed by atoms with Gasteiger partial charge in [0.25, 0.3) is 0 Å². The molecule has 0 saturated carbocycles. The lowest BCUT2D eigenvalue weighted by Gasteiger charge is -2.25. The molecule has 1 aliphatic heterocycles. The van der Waals surface area contributed by atoms with Crippen LogP contribution >= 0.6 is 0 Å². The van der Waals surface area contributed by atoms with Crippen LogP contribution in [0.4, 0.5) is 5.69 Å². The number of nitriles is 1. The lowest BCUT2D eigenvalue weighted by molar-refractivity contribution is -0.148. The molecule has 1 heterocycles. The van der Waals surface area contributed by atoms with Crippen LogP contribution in [0.5, 0.6) is 5.75 Å². The summed E-state index contributed by atoms with van der Waals surface area (Å²) in [5.74, 6) is -0.0689. The Hall–Kier alpha value is -2.22. The zero-order valence-electron chi connectivity index (χ0n) is 12.4. The Bertz CT molecular complexity index is 579. The van der Waals surface area contributed by atoms with Crippen molar-refractivity contribution in [1.82, 2.24) is 0 Å². The summed E-state index contributed by atoms with van der Waals surface area (Å²) in [4.78, 5) is 13.6. The van der Waals surface area contributed by atoms with Crippen molar-refractivity contribution < 1.29 is 14.6 Å². The quantitative estimate of drug-likeness (QED) is 0.901. The summed E-state index contributed by atoms with van der Waals surface area (Å²) in [6, 6.07) is 7.44. The predicted molar refractivity (Wildman–Crippen MR) is 79.5 cm³/mol. The van der Waals surface area contributed by atoms with Crippen molar-refractivity contribution >= 4 is 11.7 Å². The van der Waals surface area contributed by atoms with E-state index in [1.165, 1.54) is 0 Å². The molecule has 1 fully saturated rings. The van der Waals surface area contributed by atoms with E-state index in [1.807, 2.05) is 17.9 Å². The molecule has 1 aromatic rings. The third kappa shape index (κ3) is 2.80. The molecule has 0 radical (unpaired) electrons. The summed E-state index contributed by atoms with van der Waals surface area (Å²) < 4.78 is 5.21. The number of ether oxygens (including phenoxy) is 1. The van der Waals surface area contributed by atoms with Crippen LogP contribution in [0.1, 0.15) is 31.7 Å². The number of anilines is 1. The van der Waals surface area contributed by atoms with E-state index in [-0.39, 0.29) is 0 Å². The van der Waals surface area contributed by atoms with Gasteiger partial charge in [-0.2, -0.15) is 5.26 Å². The van der Waals surface area contributed by atoms with E-state index in [4.69, 9.17) is 4.74 Å². The molecule has 112 valence electrons. The lowest BCUT2D eigenvalue weighted by Crippen LogP contribution is -2.34. The molecule has 1 N–H and O–H groups in total. The van der Waals surface area contributed by atoms with E-state index < -0.39 is 11.4 Å². The molecular weight excluding hydrogens is 268 g/mol. The summed E-state index contributed by atoms with van der Waals surface area (Å²) in [7, 11) is 1.58. The number of rotatable bonds is 5. The van der Waals surface area contributed by atoms with Gasteiger partial charge in [-0.1, -0.05) is 13.3 Å². The van der Waals surface area contributed by atoms with Crippen LogP contribution in [-0.4, -0.2) is 31.3 Å². The van der Waals surface area contributed by atoms with E-state index in [0.717, 1.165) is 12.1 Å². The van der Waals surface area contributed by atoms with Crippen molar-refractivity contribution in [1.29, 1.82) is 5.26 Å². The highest BCUT2D eigenvalue weighted by atomic mass is 16.5. The number of nitrogens with zero attached hydrogens (tertiary/aromatic N) is 2. The normalized spacial score (nSPS) is 21.1. The predicted octanol–water partition coefficient (Wildman–Crippen LogP) is 2.65. The number of carbonyl (C=O) groups is 1. The molecule has 2 rings (SSSR count). The fourth-order valence-corrected chi connectivity index (χ4v) is 3.04. The number of carboxylic acid groups (broad SMARTS) is 1. The van der Waals surface area contributed by atoms with Crippen LogP contribution in [0.3, 0.4) is 0 Å². The summed E-state index contributed by atoms with van der Waals surface area (Å²) in [6.07, 6.45) is 2.10. The maximum Gasteiger partial charge on any atom is 0.311 e. The van der Waals surface area contributed by atoms with Gasteiger partial charge in [0.15, 0.2) is 0 Å². The van der Waals surface area contributed by atoms with Crippen LogP contribution in [0.15, 0.2) is 18.2 Å². The van der Waals surface area contributed by atoms with Gasteiger partial charge in [0.05, 0.1) is 23.8 Å². The van der Waals surface area contributed by atoms with Gasteiger partial charge in [-0.3, -0.25) is 4.79 Å². The minimum absolute atomic E-state index is 0.442. The van der Waals surface area contributed by atoms with Crippen molar-refractivity contribution in [3.63, 3.8) is 0 Å². The third-order valence-corrected chi connectivity index (χ3v) is 4.20. The molecule has 21 heavy (non-hydrogen) atoms. The minimum atomic E-state index is -0.742. The molecule has 1 unspecified atom stereocenters. The molecule has 0 amide bonds. The van der Waals surface area contributed by atoms with Crippen LogP contribution in [0.25, 0.3) is 0 Å². The molecule has 0 bridgehead atoms. The van der Waals surface area contributed by atoms with E-state index in [0.29, 0.717) is 37.2 Å². The summed E-state index contributed by atoms with van der Waals surface area (Å²) in [5, 5.41) is 18.8. The van der Waals surface area contributed by atoms with Gasteiger partial charge in [-0.05, 0) is 25.0 Å². The van der Waals surface area contributed by atoms with Crippen LogP contribution in [0, 0.1) is 16.7 Å². The number of methoxy groups -OCH3 is 1. The topological polar surface area (TPSA) is 73.6 Å². The van der Waals surface area contributed by atoms with Gasteiger partial charge in [-0.25, -0.2) is 0 Å². The zero-order valence-corrected chi connectivity index (χ0v) is 12.4. The number of aliphatic carboxylic acids is 1. The molecule has 1 aliphatic rings. The SMILES string of the molecule is CCCC1(C(=O)O)CCN(c2cc(OC)ccc2C#N)C1. The summed E-state index contributed by atoms with van der Waals surface area (Å²) >= 11 is 0. The second kappa shape index (κ2) is 6.04. The highest BCUT2D eigenvalue weighted by Gasteiger charge is 2.44. The molecule has 0 spiro atoms. The molecule has 1 atom stereocenters. The van der Waals surface area contributed by atoms with Gasteiger partial charge < -0.3 is 14.7 Å². The first-order chi connectivity index (χ1) is 10.1. The van der Waals surface area contributed by atoms with Gasteiger partial charge in [0, 0.05) is 19.2 Å². The van der Waals surface area contributed by atoms with Crippen molar-refractivity contribution in [3.05, 3.63) is 23.8 Å². The molecule has 1 saturated heterocycles. The Morgan fingerprint density at radius 1 is 1.57 bits per heavy atom. The smallest absolute Gasteiger partial charge is 0.311 e. The largest absolute Gasteiger partial charge is 0.497 e. The third-order valence-electron chi connectivity index (χ3n) is 4.20. The molecule has 1 aromatic carbocycles. The van der Waals surface area contributed by atoms with Gasteiger partial charge >= 0.3 is 5.97 Å². The van der Waals surface area contributed by atoms with Crippen LogP contribution in [-0.2, 0) is 4.79 Å². The molecule has 5 nitrogen and oxygen atoms in total. The zero-order chi connectivity index (χ0) is 15.5. The fraction of sp³-hybridized carbons (Fsp3) is 0.500. The Morgan fingerprint density at radius 3 is 2.90 bits per heavy atom. The first kappa shape index (κ1) is 15.2. The summed E-state index contributed by atoms with van der Waals surface area (Å²) in [6.45, 7) is 3.09. The van der Waals surface area contributed by atoms with E-state index in [1.54, 1.807) is 19.2 Å². The Kier molecular flexibility index (Phi) is 4.37. The van der Waals surface area contributed by atoms with Crippen LogP contribution < -0.4 is 9.64 Å². The second-order valence-electron chi connectivity index (χ2n) is 5.50. The molecular formula is C16H20N2O3. The number of hydrogen-bond donors (Lipinski definition) is 1. The van der Waals surface area contributed by atoms with E-state index >= 15 is 0 Å². The monoisotopic (exact) mass is 288 g/mol. The molecule has 5 heteroatoms. The Balaban J connectivity index is 2.32. The average Bonchev–Trinajstić information content (AvgIpc) is 2.92. The van der Waals surface area contributed by atoms with E-state index in [9.17, 15) is 15.2 Å². The lowest BCUT2D eigenvalue weighted by atomic mass is 9.83. The number of carboxylic acids is 1. The molecule has 0 aromatic heterocycles. The van der Waals surface area contributed by atoms with E-state index in [2.05, 4.69) is 6.07 Å². The number of hydrogen-bond acceptors (Lipinski definition) is 4. The maximum absolute atomic E-state index is 11.7. The standard InChI is InChI=1S/C16H20N2O3/c1-3-6-16(15(19)20)7-8-18(11-16)14-9-13(21-2)5-4-12(14)10-17/h4-5,9H,3,6-8,11H2,1-2H3,(H,19,20). The summed E-state index contributed by atoms with van der Waals surface area (Å²) in [5.41, 5.74) is 0.606. The van der Waals surface area contributed by atoms with Gasteiger partial charge in [0.2, 0.25) is 0 Å². The van der Waals surface area contributed by atoms with Crippen molar-refractivity contribution in [2.75, 3.05) is 25.1 Å². The van der Waals surface area contributed by atoms with Crippen LogP contribution in [0.2, 0.25) is 0 Å². The highest BCUT2D eigenvalue weighted by molar-refractivity contribution is 5.77. The maximum atomic E-state index is 11.7. The van der Waals surface area contributed by atoms with Gasteiger partial charge in [-0.15, -0.1) is 0 Å². The van der Waals surface area contributed by atoms with Crippen molar-refractivity contribution in [3.8, 4) is 11.8 Å². The Labute approximate surface area is 124 Å². The highest BCUT2D eigenvalue weighted by Crippen LogP contribution is 2.39. The molecule has 0 aliphatic carbocycles. The minimum Gasteiger partial charge on any atom is -0.497 e. The Morgan fingerprint density at radius 2 is 2.33 bits per heavy atom.